The van der Waals surface area contributed by atoms with Crippen molar-refractivity contribution in [1.82, 2.24) is 0 Å². The smallest absolute Gasteiger partial charge is 0.160 e. The molecule has 0 saturated heterocycles. The highest BCUT2D eigenvalue weighted by Gasteiger charge is 2.06. The standard InChI is InChI=1S/C17H20O4/c1-19-15-9-7-13(11-17(15)21-3)5-4-12-6-8-14(18)16(10-12)20-2/h6-11,18H,4-5H2,1-3H3. The van der Waals surface area contributed by atoms with Gasteiger partial charge in [-0.1, -0.05) is 12.1 Å². The molecule has 0 aromatic heterocycles. The summed E-state index contributed by atoms with van der Waals surface area (Å²) < 4.78 is 15.6. The van der Waals surface area contributed by atoms with Crippen LogP contribution in [-0.4, -0.2) is 26.4 Å². The first-order chi connectivity index (χ1) is 10.2. The Bertz CT molecular complexity index is 608. The number of hydrogen-bond acceptors (Lipinski definition) is 4. The lowest BCUT2D eigenvalue weighted by Crippen LogP contribution is -1.95. The zero-order valence-electron chi connectivity index (χ0n) is 12.6. The largest absolute Gasteiger partial charge is 0.504 e. The van der Waals surface area contributed by atoms with E-state index in [-0.39, 0.29) is 5.75 Å². The molecule has 2 rings (SSSR count). The second-order valence-corrected chi connectivity index (χ2v) is 4.70. The summed E-state index contributed by atoms with van der Waals surface area (Å²) in [6.45, 7) is 0. The van der Waals surface area contributed by atoms with Crippen LogP contribution in [0.5, 0.6) is 23.0 Å². The minimum Gasteiger partial charge on any atom is -0.504 e. The zero-order valence-corrected chi connectivity index (χ0v) is 12.6. The molecule has 0 saturated carbocycles. The maximum atomic E-state index is 9.59. The Balaban J connectivity index is 2.09. The van der Waals surface area contributed by atoms with E-state index in [1.54, 1.807) is 27.4 Å². The van der Waals surface area contributed by atoms with Gasteiger partial charge in [-0.15, -0.1) is 0 Å². The fourth-order valence-electron chi connectivity index (χ4n) is 2.20. The fraction of sp³-hybridized carbons (Fsp3) is 0.294. The molecule has 0 amide bonds. The molecular formula is C17H20O4. The number of rotatable bonds is 6. The summed E-state index contributed by atoms with van der Waals surface area (Å²) in [6, 6.07) is 11.3. The van der Waals surface area contributed by atoms with Crippen LogP contribution in [0, 0.1) is 0 Å². The summed E-state index contributed by atoms with van der Waals surface area (Å²) >= 11 is 0. The number of ether oxygens (including phenoxy) is 3. The van der Waals surface area contributed by atoms with Gasteiger partial charge in [0.15, 0.2) is 23.0 Å². The van der Waals surface area contributed by atoms with Crippen LogP contribution in [-0.2, 0) is 12.8 Å². The quantitative estimate of drug-likeness (QED) is 0.886. The molecule has 1 N–H and O–H groups in total. The van der Waals surface area contributed by atoms with Crippen molar-refractivity contribution in [2.75, 3.05) is 21.3 Å². The first-order valence-corrected chi connectivity index (χ1v) is 6.74. The average molecular weight is 288 g/mol. The van der Waals surface area contributed by atoms with Crippen LogP contribution < -0.4 is 14.2 Å². The molecule has 0 atom stereocenters. The second-order valence-electron chi connectivity index (χ2n) is 4.70. The van der Waals surface area contributed by atoms with Crippen molar-refractivity contribution < 1.29 is 19.3 Å². The minimum absolute atomic E-state index is 0.160. The maximum absolute atomic E-state index is 9.59. The topological polar surface area (TPSA) is 47.9 Å². The molecule has 21 heavy (non-hydrogen) atoms. The van der Waals surface area contributed by atoms with E-state index >= 15 is 0 Å². The van der Waals surface area contributed by atoms with Crippen LogP contribution >= 0.6 is 0 Å². The van der Waals surface area contributed by atoms with Gasteiger partial charge in [-0.2, -0.15) is 0 Å². The molecule has 4 nitrogen and oxygen atoms in total. The number of benzene rings is 2. The normalized spacial score (nSPS) is 10.2. The van der Waals surface area contributed by atoms with Crippen molar-refractivity contribution in [2.45, 2.75) is 12.8 Å². The molecule has 0 bridgehead atoms. The molecule has 0 unspecified atom stereocenters. The molecule has 0 aliphatic heterocycles. The summed E-state index contributed by atoms with van der Waals surface area (Å²) in [5.74, 6) is 2.12. The van der Waals surface area contributed by atoms with Crippen LogP contribution in [0.4, 0.5) is 0 Å². The van der Waals surface area contributed by atoms with Crippen molar-refractivity contribution in [3.05, 3.63) is 47.5 Å². The third-order valence-corrected chi connectivity index (χ3v) is 3.39. The molecule has 4 heteroatoms. The van der Waals surface area contributed by atoms with E-state index in [1.165, 1.54) is 5.56 Å². The maximum Gasteiger partial charge on any atom is 0.160 e. The Morgan fingerprint density at radius 3 is 1.81 bits per heavy atom. The van der Waals surface area contributed by atoms with Gasteiger partial charge in [0, 0.05) is 0 Å². The molecule has 0 fully saturated rings. The Kier molecular flexibility index (Phi) is 4.93. The highest BCUT2D eigenvalue weighted by atomic mass is 16.5. The summed E-state index contributed by atoms with van der Waals surface area (Å²) in [4.78, 5) is 0. The summed E-state index contributed by atoms with van der Waals surface area (Å²) in [6.07, 6.45) is 1.72. The first-order valence-electron chi connectivity index (χ1n) is 6.74. The van der Waals surface area contributed by atoms with E-state index in [2.05, 4.69) is 0 Å². The van der Waals surface area contributed by atoms with Crippen LogP contribution in [0.15, 0.2) is 36.4 Å². The lowest BCUT2D eigenvalue weighted by molar-refractivity contribution is 0.354. The lowest BCUT2D eigenvalue weighted by Gasteiger charge is -2.10. The molecule has 0 heterocycles. The van der Waals surface area contributed by atoms with Crippen molar-refractivity contribution in [3.63, 3.8) is 0 Å². The lowest BCUT2D eigenvalue weighted by atomic mass is 10.0. The number of phenolic OH excluding ortho intramolecular Hbond substituents is 1. The molecular weight excluding hydrogens is 268 g/mol. The number of aromatic hydroxyl groups is 1. The average Bonchev–Trinajstić information content (AvgIpc) is 2.53. The van der Waals surface area contributed by atoms with Crippen molar-refractivity contribution >= 4 is 0 Å². The van der Waals surface area contributed by atoms with Crippen LogP contribution in [0.3, 0.4) is 0 Å². The Morgan fingerprint density at radius 2 is 1.24 bits per heavy atom. The van der Waals surface area contributed by atoms with E-state index in [4.69, 9.17) is 14.2 Å². The molecule has 2 aromatic rings. The summed E-state index contributed by atoms with van der Waals surface area (Å²) in [7, 11) is 4.81. The SMILES string of the molecule is COc1cc(CCc2ccc(OC)c(OC)c2)ccc1O. The van der Waals surface area contributed by atoms with Gasteiger partial charge in [0.25, 0.3) is 0 Å². The number of phenols is 1. The van der Waals surface area contributed by atoms with E-state index in [9.17, 15) is 5.11 Å². The molecule has 2 aromatic carbocycles. The second kappa shape index (κ2) is 6.88. The zero-order chi connectivity index (χ0) is 15.2. The van der Waals surface area contributed by atoms with Crippen molar-refractivity contribution in [3.8, 4) is 23.0 Å². The Morgan fingerprint density at radius 1 is 0.714 bits per heavy atom. The number of hydrogen-bond donors (Lipinski definition) is 1. The van der Waals surface area contributed by atoms with Gasteiger partial charge in [0.05, 0.1) is 21.3 Å². The third kappa shape index (κ3) is 3.60. The first kappa shape index (κ1) is 15.0. The molecule has 0 aliphatic rings. The summed E-state index contributed by atoms with van der Waals surface area (Å²) in [5.41, 5.74) is 2.28. The van der Waals surface area contributed by atoms with Crippen LogP contribution in [0.2, 0.25) is 0 Å². The van der Waals surface area contributed by atoms with Gasteiger partial charge < -0.3 is 19.3 Å². The predicted molar refractivity (Wildman–Crippen MR) is 81.6 cm³/mol. The van der Waals surface area contributed by atoms with Gasteiger partial charge in [0.2, 0.25) is 0 Å². The third-order valence-electron chi connectivity index (χ3n) is 3.39. The molecule has 0 spiro atoms. The van der Waals surface area contributed by atoms with Crippen LogP contribution in [0.1, 0.15) is 11.1 Å². The molecule has 0 aliphatic carbocycles. The van der Waals surface area contributed by atoms with Crippen molar-refractivity contribution in [2.24, 2.45) is 0 Å². The fourth-order valence-corrected chi connectivity index (χ4v) is 2.20. The molecule has 112 valence electrons. The highest BCUT2D eigenvalue weighted by Crippen LogP contribution is 2.29. The van der Waals surface area contributed by atoms with Crippen LogP contribution in [0.25, 0.3) is 0 Å². The van der Waals surface area contributed by atoms with Gasteiger partial charge in [-0.3, -0.25) is 0 Å². The Labute approximate surface area is 124 Å². The molecule has 0 radical (unpaired) electrons. The predicted octanol–water partition coefficient (Wildman–Crippen LogP) is 3.20. The summed E-state index contributed by atoms with van der Waals surface area (Å²) in [5, 5.41) is 9.59. The van der Waals surface area contributed by atoms with E-state index < -0.39 is 0 Å². The Hall–Kier alpha value is -2.36. The highest BCUT2D eigenvalue weighted by molar-refractivity contribution is 5.44. The minimum atomic E-state index is 0.160. The van der Waals surface area contributed by atoms with Gasteiger partial charge in [-0.05, 0) is 48.2 Å². The van der Waals surface area contributed by atoms with Gasteiger partial charge in [0.1, 0.15) is 0 Å². The van der Waals surface area contributed by atoms with E-state index in [0.717, 1.165) is 29.9 Å². The van der Waals surface area contributed by atoms with Gasteiger partial charge >= 0.3 is 0 Å². The van der Waals surface area contributed by atoms with E-state index in [0.29, 0.717) is 5.75 Å². The number of methoxy groups -OCH3 is 3. The number of aryl methyl sites for hydroxylation is 2. The van der Waals surface area contributed by atoms with E-state index in [1.807, 2.05) is 30.3 Å². The monoisotopic (exact) mass is 288 g/mol. The van der Waals surface area contributed by atoms with Crippen molar-refractivity contribution in [1.29, 1.82) is 0 Å². The van der Waals surface area contributed by atoms with Gasteiger partial charge in [-0.25, -0.2) is 0 Å².